The lowest BCUT2D eigenvalue weighted by atomic mass is 10.2. The maximum atomic E-state index is 12.5. The van der Waals surface area contributed by atoms with Crippen LogP contribution in [0.5, 0.6) is 11.5 Å². The van der Waals surface area contributed by atoms with Gasteiger partial charge in [0.05, 0.1) is 13.2 Å². The van der Waals surface area contributed by atoms with Gasteiger partial charge in [-0.25, -0.2) is 0 Å². The molecule has 0 saturated carbocycles. The summed E-state index contributed by atoms with van der Waals surface area (Å²) in [5.74, 6) is 0.590. The monoisotopic (exact) mass is 552 g/mol. The van der Waals surface area contributed by atoms with E-state index >= 15 is 0 Å². The Morgan fingerprint density at radius 3 is 2.63 bits per heavy atom. The van der Waals surface area contributed by atoms with Gasteiger partial charge < -0.3 is 20.1 Å². The number of hydrogen-bond acceptors (Lipinski definition) is 4. The first-order chi connectivity index (χ1) is 13.7. The number of benzene rings is 1. The van der Waals surface area contributed by atoms with Gasteiger partial charge in [0.25, 0.3) is 0 Å². The predicted octanol–water partition coefficient (Wildman–Crippen LogP) is 3.61. The lowest BCUT2D eigenvalue weighted by Crippen LogP contribution is -2.44. The summed E-state index contributed by atoms with van der Waals surface area (Å²) in [6, 6.07) is 4.45. The molecule has 6 nitrogen and oxygen atoms in total. The zero-order valence-corrected chi connectivity index (χ0v) is 19.0. The first-order valence-corrected chi connectivity index (χ1v) is 9.17. The second-order valence-electron chi connectivity index (χ2n) is 6.50. The van der Waals surface area contributed by atoms with Crippen LogP contribution < -0.4 is 20.1 Å². The fourth-order valence-electron chi connectivity index (χ4n) is 3.05. The molecule has 1 heterocycles. The van der Waals surface area contributed by atoms with Crippen LogP contribution in [0.25, 0.3) is 0 Å². The minimum atomic E-state index is -4.22. The number of ether oxygens (including phenoxy) is 2. The predicted molar refractivity (Wildman–Crippen MR) is 114 cm³/mol. The van der Waals surface area contributed by atoms with Crippen molar-refractivity contribution in [2.75, 3.05) is 33.3 Å². The van der Waals surface area contributed by atoms with Crippen LogP contribution in [0.2, 0.25) is 0 Å². The van der Waals surface area contributed by atoms with Crippen LogP contribution in [0.4, 0.5) is 22.0 Å². The molecule has 1 aromatic carbocycles. The second-order valence-corrected chi connectivity index (χ2v) is 6.50. The number of alkyl halides is 5. The summed E-state index contributed by atoms with van der Waals surface area (Å²) < 4.78 is 72.2. The van der Waals surface area contributed by atoms with Crippen molar-refractivity contribution in [3.05, 3.63) is 23.8 Å². The molecule has 1 fully saturated rings. The number of rotatable bonds is 8. The van der Waals surface area contributed by atoms with E-state index < -0.39 is 19.3 Å². The molecule has 0 aliphatic carbocycles. The molecule has 0 amide bonds. The maximum Gasteiger partial charge on any atom is 0.401 e. The van der Waals surface area contributed by atoms with Crippen molar-refractivity contribution in [2.24, 2.45) is 4.99 Å². The molecule has 172 valence electrons. The van der Waals surface area contributed by atoms with Crippen molar-refractivity contribution in [1.82, 2.24) is 15.5 Å². The van der Waals surface area contributed by atoms with Crippen LogP contribution in [-0.4, -0.2) is 63.0 Å². The average Bonchev–Trinajstić information content (AvgIpc) is 3.05. The van der Waals surface area contributed by atoms with E-state index in [1.807, 2.05) is 0 Å². The number of aliphatic imine (C=N–C) groups is 1. The second kappa shape index (κ2) is 12.3. The van der Waals surface area contributed by atoms with Crippen LogP contribution in [-0.2, 0) is 6.54 Å². The summed E-state index contributed by atoms with van der Waals surface area (Å²) >= 11 is 0. The van der Waals surface area contributed by atoms with Crippen molar-refractivity contribution >= 4 is 29.9 Å². The minimum absolute atomic E-state index is 0. The Morgan fingerprint density at radius 2 is 2.03 bits per heavy atom. The molecular formula is C18H26F5IN4O2. The van der Waals surface area contributed by atoms with Crippen molar-refractivity contribution in [3.8, 4) is 11.5 Å². The third-order valence-electron chi connectivity index (χ3n) is 4.22. The zero-order valence-electron chi connectivity index (χ0n) is 16.6. The molecule has 1 aromatic rings. The highest BCUT2D eigenvalue weighted by molar-refractivity contribution is 14.0. The Labute approximate surface area is 189 Å². The Hall–Kier alpha value is -1.57. The first-order valence-electron chi connectivity index (χ1n) is 9.17. The van der Waals surface area contributed by atoms with E-state index in [1.165, 1.54) is 11.0 Å². The summed E-state index contributed by atoms with van der Waals surface area (Å²) in [4.78, 5) is 5.43. The standard InChI is InChI=1S/C18H25F5N4O2.HI/c1-3-28-15-8-12(4-5-14(15)29-16(19)20)9-25-17(24-2)26-13-6-7-27(10-13)11-18(21,22)23;/h4-5,8,13,16H,3,6-7,9-11H2,1-2H3,(H2,24,25,26);1H. The summed E-state index contributed by atoms with van der Waals surface area (Å²) in [6.07, 6.45) is -3.64. The van der Waals surface area contributed by atoms with Gasteiger partial charge in [-0.3, -0.25) is 9.89 Å². The topological polar surface area (TPSA) is 58.1 Å². The number of likely N-dealkylation sites (tertiary alicyclic amines) is 1. The van der Waals surface area contributed by atoms with Gasteiger partial charge >= 0.3 is 12.8 Å². The Morgan fingerprint density at radius 1 is 1.30 bits per heavy atom. The van der Waals surface area contributed by atoms with Crippen LogP contribution >= 0.6 is 24.0 Å². The van der Waals surface area contributed by atoms with E-state index in [-0.39, 0.29) is 54.7 Å². The van der Waals surface area contributed by atoms with Crippen LogP contribution in [0.3, 0.4) is 0 Å². The van der Waals surface area contributed by atoms with Gasteiger partial charge in [-0.2, -0.15) is 22.0 Å². The largest absolute Gasteiger partial charge is 0.490 e. The molecule has 1 saturated heterocycles. The number of guanidine groups is 1. The highest BCUT2D eigenvalue weighted by Crippen LogP contribution is 2.30. The normalized spacial score (nSPS) is 17.6. The lowest BCUT2D eigenvalue weighted by molar-refractivity contribution is -0.143. The van der Waals surface area contributed by atoms with Crippen molar-refractivity contribution < 1.29 is 31.4 Å². The first kappa shape index (κ1) is 26.5. The Balaban J connectivity index is 0.00000450. The summed E-state index contributed by atoms with van der Waals surface area (Å²) in [6.45, 7) is -0.920. The van der Waals surface area contributed by atoms with E-state index in [9.17, 15) is 22.0 Å². The number of nitrogens with zero attached hydrogens (tertiary/aromatic N) is 2. The van der Waals surface area contributed by atoms with E-state index in [1.54, 1.807) is 26.1 Å². The van der Waals surface area contributed by atoms with E-state index in [4.69, 9.17) is 4.74 Å². The summed E-state index contributed by atoms with van der Waals surface area (Å²) in [7, 11) is 1.56. The highest BCUT2D eigenvalue weighted by atomic mass is 127. The van der Waals surface area contributed by atoms with E-state index in [2.05, 4.69) is 20.4 Å². The highest BCUT2D eigenvalue weighted by Gasteiger charge is 2.34. The molecule has 0 aromatic heterocycles. The van der Waals surface area contributed by atoms with E-state index in [0.717, 1.165) is 5.56 Å². The molecule has 1 atom stereocenters. The molecule has 1 aliphatic rings. The molecule has 0 radical (unpaired) electrons. The van der Waals surface area contributed by atoms with Crippen molar-refractivity contribution in [2.45, 2.75) is 38.7 Å². The van der Waals surface area contributed by atoms with Crippen LogP contribution in [0.1, 0.15) is 18.9 Å². The minimum Gasteiger partial charge on any atom is -0.490 e. The van der Waals surface area contributed by atoms with Gasteiger partial charge in [0, 0.05) is 32.7 Å². The van der Waals surface area contributed by atoms with Crippen LogP contribution in [0, 0.1) is 0 Å². The maximum absolute atomic E-state index is 12.5. The fourth-order valence-corrected chi connectivity index (χ4v) is 3.05. The van der Waals surface area contributed by atoms with Gasteiger partial charge in [0.15, 0.2) is 17.5 Å². The molecular weight excluding hydrogens is 526 g/mol. The Bertz CT molecular complexity index is 691. The average molecular weight is 552 g/mol. The van der Waals surface area contributed by atoms with Gasteiger partial charge in [-0.05, 0) is 31.0 Å². The molecule has 1 aliphatic heterocycles. The molecule has 0 bridgehead atoms. The number of hydrogen-bond donors (Lipinski definition) is 2. The molecule has 2 rings (SSSR count). The summed E-state index contributed by atoms with van der Waals surface area (Å²) in [5, 5.41) is 6.16. The lowest BCUT2D eigenvalue weighted by Gasteiger charge is -2.20. The molecule has 30 heavy (non-hydrogen) atoms. The number of halogens is 6. The zero-order chi connectivity index (χ0) is 21.4. The van der Waals surface area contributed by atoms with E-state index in [0.29, 0.717) is 25.5 Å². The van der Waals surface area contributed by atoms with Gasteiger partial charge in [-0.1, -0.05) is 6.07 Å². The third-order valence-corrected chi connectivity index (χ3v) is 4.22. The number of nitrogens with one attached hydrogen (secondary N) is 2. The molecule has 0 spiro atoms. The quantitative estimate of drug-likeness (QED) is 0.224. The van der Waals surface area contributed by atoms with Crippen molar-refractivity contribution in [3.63, 3.8) is 0 Å². The van der Waals surface area contributed by atoms with Gasteiger partial charge in [0.1, 0.15) is 0 Å². The molecule has 2 N–H and O–H groups in total. The summed E-state index contributed by atoms with van der Waals surface area (Å²) in [5.41, 5.74) is 0.739. The smallest absolute Gasteiger partial charge is 0.401 e. The third kappa shape index (κ3) is 9.06. The fraction of sp³-hybridized carbons (Fsp3) is 0.611. The Kier molecular flexibility index (Phi) is 10.9. The van der Waals surface area contributed by atoms with Crippen molar-refractivity contribution in [1.29, 1.82) is 0 Å². The van der Waals surface area contributed by atoms with Crippen LogP contribution in [0.15, 0.2) is 23.2 Å². The molecule has 12 heteroatoms. The van der Waals surface area contributed by atoms with Gasteiger partial charge in [0.2, 0.25) is 0 Å². The molecule has 1 unspecified atom stereocenters. The SMILES string of the molecule is CCOc1cc(CNC(=NC)NC2CCN(CC(F)(F)F)C2)ccc1OC(F)F.I. The van der Waals surface area contributed by atoms with Gasteiger partial charge in [-0.15, -0.1) is 24.0 Å².